The van der Waals surface area contributed by atoms with Gasteiger partial charge in [-0.3, -0.25) is 10.0 Å². The van der Waals surface area contributed by atoms with Gasteiger partial charge in [0.1, 0.15) is 0 Å². The van der Waals surface area contributed by atoms with Crippen LogP contribution in [0.1, 0.15) is 12.5 Å². The number of hydrogen-bond acceptors (Lipinski definition) is 3. The van der Waals surface area contributed by atoms with Crippen LogP contribution >= 0.6 is 11.9 Å². The Labute approximate surface area is 90.6 Å². The number of rotatable bonds is 6. The molecule has 14 heavy (non-hydrogen) atoms. The molecule has 0 radical (unpaired) electrons. The summed E-state index contributed by atoms with van der Waals surface area (Å²) < 4.78 is 0. The molecule has 0 fully saturated rings. The lowest BCUT2D eigenvalue weighted by atomic mass is 10.2. The second kappa shape index (κ2) is 6.87. The zero-order chi connectivity index (χ0) is 10.2. The Morgan fingerprint density at radius 2 is 2.00 bits per heavy atom. The Kier molecular flexibility index (Phi) is 5.68. The Bertz CT molecular complexity index is 238. The van der Waals surface area contributed by atoms with Gasteiger partial charge in [0.15, 0.2) is 0 Å². The van der Waals surface area contributed by atoms with Crippen molar-refractivity contribution in [2.24, 2.45) is 5.14 Å². The standard InChI is InChI=1S/C11H18N2S/c1-2-13(8-9-14-12)10-11-6-4-3-5-7-11/h3-7H,2,8-10,12H2,1H3. The summed E-state index contributed by atoms with van der Waals surface area (Å²) in [6.07, 6.45) is 0. The largest absolute Gasteiger partial charge is 0.298 e. The maximum absolute atomic E-state index is 5.41. The molecule has 0 aliphatic carbocycles. The molecule has 1 aromatic rings. The number of benzene rings is 1. The highest BCUT2D eigenvalue weighted by molar-refractivity contribution is 7.97. The van der Waals surface area contributed by atoms with Crippen molar-refractivity contribution in [3.8, 4) is 0 Å². The molecule has 0 spiro atoms. The van der Waals surface area contributed by atoms with Crippen molar-refractivity contribution < 1.29 is 0 Å². The van der Waals surface area contributed by atoms with Gasteiger partial charge in [0, 0.05) is 18.8 Å². The molecule has 0 heterocycles. The molecule has 0 aliphatic rings. The Balaban J connectivity index is 2.40. The number of nitrogens with zero attached hydrogens (tertiary/aromatic N) is 1. The summed E-state index contributed by atoms with van der Waals surface area (Å²) in [6.45, 7) is 5.35. The van der Waals surface area contributed by atoms with Crippen molar-refractivity contribution in [3.63, 3.8) is 0 Å². The summed E-state index contributed by atoms with van der Waals surface area (Å²) in [6, 6.07) is 10.5. The lowest BCUT2D eigenvalue weighted by molar-refractivity contribution is 0.298. The van der Waals surface area contributed by atoms with E-state index in [4.69, 9.17) is 5.14 Å². The molecule has 0 atom stereocenters. The summed E-state index contributed by atoms with van der Waals surface area (Å²) in [7, 11) is 0. The molecule has 0 unspecified atom stereocenters. The van der Waals surface area contributed by atoms with Gasteiger partial charge in [-0.2, -0.15) is 0 Å². The first kappa shape index (κ1) is 11.6. The minimum atomic E-state index is 1.00. The number of nitrogens with two attached hydrogens (primary N) is 1. The van der Waals surface area contributed by atoms with E-state index in [1.165, 1.54) is 17.5 Å². The number of hydrogen-bond donors (Lipinski definition) is 1. The van der Waals surface area contributed by atoms with Crippen LogP contribution in [0.2, 0.25) is 0 Å². The minimum Gasteiger partial charge on any atom is -0.298 e. The van der Waals surface area contributed by atoms with Crippen LogP contribution in [0.4, 0.5) is 0 Å². The lowest BCUT2D eigenvalue weighted by Crippen LogP contribution is -2.25. The van der Waals surface area contributed by atoms with Gasteiger partial charge in [-0.05, 0) is 12.1 Å². The molecule has 0 amide bonds. The van der Waals surface area contributed by atoms with Crippen molar-refractivity contribution in [1.29, 1.82) is 0 Å². The predicted octanol–water partition coefficient (Wildman–Crippen LogP) is 2.12. The summed E-state index contributed by atoms with van der Waals surface area (Å²) in [4.78, 5) is 2.40. The molecular weight excluding hydrogens is 192 g/mol. The van der Waals surface area contributed by atoms with Crippen LogP contribution in [0, 0.1) is 0 Å². The third-order valence-corrected chi connectivity index (χ3v) is 2.64. The highest BCUT2D eigenvalue weighted by Crippen LogP contribution is 2.04. The molecule has 78 valence electrons. The van der Waals surface area contributed by atoms with E-state index in [0.717, 1.165) is 25.4 Å². The van der Waals surface area contributed by atoms with Gasteiger partial charge in [0.2, 0.25) is 0 Å². The molecule has 2 N–H and O–H groups in total. The van der Waals surface area contributed by atoms with Crippen molar-refractivity contribution in [3.05, 3.63) is 35.9 Å². The Hall–Kier alpha value is -0.510. The highest BCUT2D eigenvalue weighted by atomic mass is 32.2. The van der Waals surface area contributed by atoms with Gasteiger partial charge in [-0.25, -0.2) is 0 Å². The minimum absolute atomic E-state index is 1.00. The van der Waals surface area contributed by atoms with Gasteiger partial charge in [-0.15, -0.1) is 0 Å². The van der Waals surface area contributed by atoms with E-state index in [0.29, 0.717) is 0 Å². The maximum atomic E-state index is 5.41. The van der Waals surface area contributed by atoms with Crippen LogP contribution in [-0.2, 0) is 6.54 Å². The fourth-order valence-corrected chi connectivity index (χ4v) is 1.74. The summed E-state index contributed by atoms with van der Waals surface area (Å²) in [5.41, 5.74) is 1.37. The van der Waals surface area contributed by atoms with Gasteiger partial charge in [0.25, 0.3) is 0 Å². The van der Waals surface area contributed by atoms with Crippen LogP contribution in [0.25, 0.3) is 0 Å². The molecule has 1 rings (SSSR count). The third-order valence-electron chi connectivity index (χ3n) is 2.22. The molecule has 0 saturated carbocycles. The van der Waals surface area contributed by atoms with E-state index in [1.807, 2.05) is 0 Å². The highest BCUT2D eigenvalue weighted by Gasteiger charge is 2.01. The van der Waals surface area contributed by atoms with E-state index < -0.39 is 0 Å². The van der Waals surface area contributed by atoms with Gasteiger partial charge in [-0.1, -0.05) is 49.2 Å². The van der Waals surface area contributed by atoms with Crippen LogP contribution in [0.15, 0.2) is 30.3 Å². The molecular formula is C11H18N2S. The topological polar surface area (TPSA) is 29.3 Å². The fourth-order valence-electron chi connectivity index (χ4n) is 1.37. The van der Waals surface area contributed by atoms with E-state index in [-0.39, 0.29) is 0 Å². The van der Waals surface area contributed by atoms with Crippen LogP contribution in [0.5, 0.6) is 0 Å². The monoisotopic (exact) mass is 210 g/mol. The van der Waals surface area contributed by atoms with Gasteiger partial charge in [0.05, 0.1) is 0 Å². The van der Waals surface area contributed by atoms with E-state index in [9.17, 15) is 0 Å². The SMILES string of the molecule is CCN(CCSN)Cc1ccccc1. The van der Waals surface area contributed by atoms with Crippen molar-refractivity contribution in [2.75, 3.05) is 18.8 Å². The second-order valence-corrected chi connectivity index (χ2v) is 3.97. The van der Waals surface area contributed by atoms with Crippen LogP contribution in [0.3, 0.4) is 0 Å². The van der Waals surface area contributed by atoms with Crippen molar-refractivity contribution >= 4 is 11.9 Å². The first-order valence-electron chi connectivity index (χ1n) is 4.94. The average Bonchev–Trinajstić information content (AvgIpc) is 2.25. The Morgan fingerprint density at radius 3 is 2.57 bits per heavy atom. The predicted molar refractivity (Wildman–Crippen MR) is 64.0 cm³/mol. The molecule has 1 aromatic carbocycles. The summed E-state index contributed by atoms with van der Waals surface area (Å²) in [5.74, 6) is 1.00. The quantitative estimate of drug-likeness (QED) is 0.729. The van der Waals surface area contributed by atoms with Crippen LogP contribution < -0.4 is 5.14 Å². The van der Waals surface area contributed by atoms with E-state index >= 15 is 0 Å². The molecule has 0 saturated heterocycles. The summed E-state index contributed by atoms with van der Waals surface area (Å²) >= 11 is 1.41. The van der Waals surface area contributed by atoms with E-state index in [2.05, 4.69) is 42.2 Å². The fraction of sp³-hybridized carbons (Fsp3) is 0.455. The van der Waals surface area contributed by atoms with Crippen LogP contribution in [-0.4, -0.2) is 23.7 Å². The van der Waals surface area contributed by atoms with Gasteiger partial charge < -0.3 is 0 Å². The summed E-state index contributed by atoms with van der Waals surface area (Å²) in [5, 5.41) is 5.41. The Morgan fingerprint density at radius 1 is 1.29 bits per heavy atom. The zero-order valence-corrected chi connectivity index (χ0v) is 9.46. The molecule has 0 aliphatic heterocycles. The van der Waals surface area contributed by atoms with E-state index in [1.54, 1.807) is 0 Å². The normalized spacial score (nSPS) is 10.8. The first-order chi connectivity index (χ1) is 6.86. The average molecular weight is 210 g/mol. The molecule has 2 nitrogen and oxygen atoms in total. The second-order valence-electron chi connectivity index (χ2n) is 3.23. The lowest BCUT2D eigenvalue weighted by Gasteiger charge is -2.19. The smallest absolute Gasteiger partial charge is 0.0233 e. The molecule has 3 heteroatoms. The van der Waals surface area contributed by atoms with Crippen molar-refractivity contribution in [1.82, 2.24) is 4.90 Å². The van der Waals surface area contributed by atoms with Gasteiger partial charge >= 0.3 is 0 Å². The molecule has 0 bridgehead atoms. The van der Waals surface area contributed by atoms with Crippen molar-refractivity contribution in [2.45, 2.75) is 13.5 Å². The first-order valence-corrected chi connectivity index (χ1v) is 5.99. The third kappa shape index (κ3) is 4.13. The maximum Gasteiger partial charge on any atom is 0.0233 e. The molecule has 0 aromatic heterocycles. The zero-order valence-electron chi connectivity index (χ0n) is 8.65.